The molecule has 3 N–H and O–H groups in total. The van der Waals surface area contributed by atoms with Crippen LogP contribution in [0.2, 0.25) is 0 Å². The number of carbonyl (C=O) groups excluding carboxylic acids is 1. The highest BCUT2D eigenvalue weighted by molar-refractivity contribution is 7.13. The number of nitrogen functional groups attached to an aromatic ring is 1. The van der Waals surface area contributed by atoms with E-state index < -0.39 is 0 Å². The van der Waals surface area contributed by atoms with Crippen LogP contribution in [0.15, 0.2) is 29.6 Å². The average Bonchev–Trinajstić information content (AvgIpc) is 3.08. The molecule has 0 spiro atoms. The third-order valence-corrected chi connectivity index (χ3v) is 4.32. The van der Waals surface area contributed by atoms with E-state index in [4.69, 9.17) is 5.73 Å². The molecular weight excluding hydrogens is 272 g/mol. The Labute approximate surface area is 121 Å². The second kappa shape index (κ2) is 5.50. The number of hydrogen-bond donors (Lipinski definition) is 2. The third kappa shape index (κ3) is 2.46. The van der Waals surface area contributed by atoms with E-state index in [2.05, 4.69) is 15.2 Å². The van der Waals surface area contributed by atoms with Crippen molar-refractivity contribution in [1.29, 1.82) is 0 Å². The van der Waals surface area contributed by atoms with Crippen LogP contribution in [0.3, 0.4) is 0 Å². The molecule has 1 aromatic heterocycles. The summed E-state index contributed by atoms with van der Waals surface area (Å²) in [5, 5.41) is 5.28. The van der Waals surface area contributed by atoms with Crippen molar-refractivity contribution in [2.45, 2.75) is 18.9 Å². The first-order valence-electron chi connectivity index (χ1n) is 6.56. The zero-order valence-electron chi connectivity index (χ0n) is 11.0. The molecule has 20 heavy (non-hydrogen) atoms. The molecule has 2 aromatic rings. The number of hydrogen-bond acceptors (Lipinski definition) is 5. The Balaban J connectivity index is 1.84. The first kappa shape index (κ1) is 12.9. The van der Waals surface area contributed by atoms with Gasteiger partial charge < -0.3 is 16.0 Å². The van der Waals surface area contributed by atoms with Crippen LogP contribution in [0.1, 0.15) is 24.6 Å². The lowest BCUT2D eigenvalue weighted by molar-refractivity contribution is -0.105. The fourth-order valence-electron chi connectivity index (χ4n) is 2.60. The number of nitrogens with two attached hydrogens (primary N) is 1. The Morgan fingerprint density at radius 2 is 2.20 bits per heavy atom. The first-order chi connectivity index (χ1) is 9.78. The molecule has 104 valence electrons. The van der Waals surface area contributed by atoms with Crippen LogP contribution in [-0.2, 0) is 4.79 Å². The molecule has 1 unspecified atom stereocenters. The van der Waals surface area contributed by atoms with Crippen molar-refractivity contribution >= 4 is 34.3 Å². The lowest BCUT2D eigenvalue weighted by Crippen LogP contribution is -2.22. The largest absolute Gasteiger partial charge is 0.399 e. The maximum atomic E-state index is 10.5. The molecule has 1 atom stereocenters. The van der Waals surface area contributed by atoms with Crippen molar-refractivity contribution in [3.05, 3.63) is 35.3 Å². The van der Waals surface area contributed by atoms with Gasteiger partial charge in [-0.15, -0.1) is 11.3 Å². The Morgan fingerprint density at radius 3 is 2.95 bits per heavy atom. The monoisotopic (exact) mass is 288 g/mol. The predicted molar refractivity (Wildman–Crippen MR) is 82.0 cm³/mol. The summed E-state index contributed by atoms with van der Waals surface area (Å²) < 4.78 is 0. The Kier molecular flexibility index (Phi) is 3.56. The van der Waals surface area contributed by atoms with E-state index in [1.807, 2.05) is 29.6 Å². The highest BCUT2D eigenvalue weighted by Crippen LogP contribution is 2.37. The molecule has 0 saturated carbocycles. The zero-order valence-corrected chi connectivity index (χ0v) is 11.8. The number of nitrogens with zero attached hydrogens (tertiary/aromatic N) is 2. The summed E-state index contributed by atoms with van der Waals surface area (Å²) in [6, 6.07) is 8.21. The molecule has 0 aliphatic carbocycles. The summed E-state index contributed by atoms with van der Waals surface area (Å²) in [5.74, 6) is 0. The van der Waals surface area contributed by atoms with Crippen molar-refractivity contribution in [2.75, 3.05) is 22.5 Å². The van der Waals surface area contributed by atoms with Crippen LogP contribution < -0.4 is 16.0 Å². The van der Waals surface area contributed by atoms with Crippen LogP contribution >= 0.6 is 11.3 Å². The van der Waals surface area contributed by atoms with Gasteiger partial charge in [-0.05, 0) is 37.1 Å². The maximum Gasteiger partial charge on any atom is 0.213 e. The molecule has 1 aliphatic heterocycles. The van der Waals surface area contributed by atoms with E-state index in [0.29, 0.717) is 11.5 Å². The SMILES string of the molecule is Nc1ccc(N2CCCC2c2csc(NC=O)n2)cc1. The minimum Gasteiger partial charge on any atom is -0.399 e. The summed E-state index contributed by atoms with van der Waals surface area (Å²) in [5.41, 5.74) is 8.70. The summed E-state index contributed by atoms with van der Waals surface area (Å²) in [7, 11) is 0. The third-order valence-electron chi connectivity index (χ3n) is 3.52. The van der Waals surface area contributed by atoms with Gasteiger partial charge in [-0.2, -0.15) is 0 Å². The number of aromatic nitrogens is 1. The molecule has 1 aliphatic rings. The van der Waals surface area contributed by atoms with E-state index >= 15 is 0 Å². The van der Waals surface area contributed by atoms with Gasteiger partial charge in [-0.1, -0.05) is 0 Å². The zero-order chi connectivity index (χ0) is 13.9. The van der Waals surface area contributed by atoms with Crippen LogP contribution in [0.4, 0.5) is 16.5 Å². The van der Waals surface area contributed by atoms with Crippen molar-refractivity contribution < 1.29 is 4.79 Å². The number of rotatable bonds is 4. The molecule has 0 bridgehead atoms. The van der Waals surface area contributed by atoms with Gasteiger partial charge in [0.2, 0.25) is 6.41 Å². The van der Waals surface area contributed by atoms with E-state index in [1.54, 1.807) is 0 Å². The Bertz CT molecular complexity index is 595. The van der Waals surface area contributed by atoms with Gasteiger partial charge in [0, 0.05) is 23.3 Å². The standard InChI is InChI=1S/C14H16N4OS/c15-10-3-5-11(6-4-10)18-7-1-2-13(18)12-8-20-14(17-12)16-9-19/h3-6,8-9,13H,1-2,7,15H2,(H,16,17,19). The van der Waals surface area contributed by atoms with E-state index in [0.717, 1.165) is 30.8 Å². The molecule has 1 fully saturated rings. The van der Waals surface area contributed by atoms with Gasteiger partial charge in [0.1, 0.15) is 0 Å². The highest BCUT2D eigenvalue weighted by atomic mass is 32.1. The van der Waals surface area contributed by atoms with Gasteiger partial charge >= 0.3 is 0 Å². The summed E-state index contributed by atoms with van der Waals surface area (Å²) in [6.07, 6.45) is 2.88. The minimum absolute atomic E-state index is 0.275. The van der Waals surface area contributed by atoms with Crippen LogP contribution in [0.5, 0.6) is 0 Å². The fourth-order valence-corrected chi connectivity index (χ4v) is 3.32. The number of thiazole rings is 1. The van der Waals surface area contributed by atoms with Crippen molar-refractivity contribution in [2.24, 2.45) is 0 Å². The quantitative estimate of drug-likeness (QED) is 0.670. The van der Waals surface area contributed by atoms with E-state index in [1.165, 1.54) is 17.0 Å². The lowest BCUT2D eigenvalue weighted by atomic mass is 10.1. The number of amides is 1. The molecule has 0 radical (unpaired) electrons. The van der Waals surface area contributed by atoms with Crippen molar-refractivity contribution in [3.63, 3.8) is 0 Å². The summed E-state index contributed by atoms with van der Waals surface area (Å²) >= 11 is 1.46. The molecule has 3 rings (SSSR count). The van der Waals surface area contributed by atoms with E-state index in [-0.39, 0.29) is 6.04 Å². The molecule has 1 saturated heterocycles. The number of anilines is 3. The van der Waals surface area contributed by atoms with Crippen molar-refractivity contribution in [3.8, 4) is 0 Å². The average molecular weight is 288 g/mol. The van der Waals surface area contributed by atoms with Gasteiger partial charge in [0.25, 0.3) is 0 Å². The normalized spacial score (nSPS) is 18.2. The molecular formula is C14H16N4OS. The van der Waals surface area contributed by atoms with Crippen LogP contribution in [-0.4, -0.2) is 17.9 Å². The van der Waals surface area contributed by atoms with Gasteiger partial charge in [0.05, 0.1) is 11.7 Å². The molecule has 1 aromatic carbocycles. The molecule has 1 amide bonds. The Morgan fingerprint density at radius 1 is 1.40 bits per heavy atom. The maximum absolute atomic E-state index is 10.5. The second-order valence-electron chi connectivity index (χ2n) is 4.78. The number of nitrogens with one attached hydrogen (secondary N) is 1. The molecule has 2 heterocycles. The van der Waals surface area contributed by atoms with E-state index in [9.17, 15) is 4.79 Å². The van der Waals surface area contributed by atoms with Gasteiger partial charge in [0.15, 0.2) is 5.13 Å². The molecule has 6 heteroatoms. The number of carbonyl (C=O) groups is 1. The van der Waals surface area contributed by atoms with Crippen molar-refractivity contribution in [1.82, 2.24) is 4.98 Å². The van der Waals surface area contributed by atoms with Gasteiger partial charge in [-0.25, -0.2) is 4.98 Å². The topological polar surface area (TPSA) is 71.2 Å². The Hall–Kier alpha value is -2.08. The second-order valence-corrected chi connectivity index (χ2v) is 5.64. The minimum atomic E-state index is 0.275. The summed E-state index contributed by atoms with van der Waals surface area (Å²) in [4.78, 5) is 17.3. The highest BCUT2D eigenvalue weighted by Gasteiger charge is 2.28. The fraction of sp³-hybridized carbons (Fsp3) is 0.286. The predicted octanol–water partition coefficient (Wildman–Crippen LogP) is 2.64. The van der Waals surface area contributed by atoms with Crippen LogP contribution in [0, 0.1) is 0 Å². The lowest BCUT2D eigenvalue weighted by Gasteiger charge is -2.25. The van der Waals surface area contributed by atoms with Gasteiger partial charge in [-0.3, -0.25) is 4.79 Å². The first-order valence-corrected chi connectivity index (χ1v) is 7.43. The number of benzene rings is 1. The smallest absolute Gasteiger partial charge is 0.213 e. The summed E-state index contributed by atoms with van der Waals surface area (Å²) in [6.45, 7) is 1.02. The van der Waals surface area contributed by atoms with Crippen LogP contribution in [0.25, 0.3) is 0 Å². The molecule has 5 nitrogen and oxygen atoms in total.